The first-order valence-electron chi connectivity index (χ1n) is 7.81. The van der Waals surface area contributed by atoms with Gasteiger partial charge in [-0.3, -0.25) is 0 Å². The van der Waals surface area contributed by atoms with Crippen molar-refractivity contribution in [2.24, 2.45) is 5.41 Å². The molecule has 0 saturated carbocycles. The summed E-state index contributed by atoms with van der Waals surface area (Å²) in [4.78, 5) is 0. The highest BCUT2D eigenvalue weighted by Crippen LogP contribution is 2.33. The molecule has 0 aromatic heterocycles. The lowest BCUT2D eigenvalue weighted by atomic mass is 9.82. The minimum absolute atomic E-state index is 0.329. The summed E-state index contributed by atoms with van der Waals surface area (Å²) < 4.78 is 11.4. The quantitative estimate of drug-likeness (QED) is 0.703. The monoisotopic (exact) mass is 277 g/mol. The molecule has 1 aliphatic heterocycles. The van der Waals surface area contributed by atoms with Crippen LogP contribution in [0.5, 0.6) is 5.75 Å². The van der Waals surface area contributed by atoms with Crippen LogP contribution in [-0.4, -0.2) is 32.9 Å². The van der Waals surface area contributed by atoms with Crippen molar-refractivity contribution in [1.82, 2.24) is 5.32 Å². The topological polar surface area (TPSA) is 30.5 Å². The largest absolute Gasteiger partial charge is 0.494 e. The lowest BCUT2D eigenvalue weighted by molar-refractivity contribution is 0.138. The Morgan fingerprint density at radius 2 is 2.15 bits per heavy atom. The van der Waals surface area contributed by atoms with E-state index in [0.29, 0.717) is 5.41 Å². The van der Waals surface area contributed by atoms with Crippen LogP contribution < -0.4 is 10.1 Å². The van der Waals surface area contributed by atoms with Crippen molar-refractivity contribution in [1.29, 1.82) is 0 Å². The molecule has 1 heterocycles. The highest BCUT2D eigenvalue weighted by molar-refractivity contribution is 5.20. The molecule has 1 N–H and O–H groups in total. The zero-order valence-electron chi connectivity index (χ0n) is 12.6. The van der Waals surface area contributed by atoms with Gasteiger partial charge in [0, 0.05) is 18.6 Å². The molecule has 0 spiro atoms. The van der Waals surface area contributed by atoms with E-state index in [-0.39, 0.29) is 0 Å². The smallest absolute Gasteiger partial charge is 0.119 e. The average Bonchev–Trinajstić information content (AvgIpc) is 2.94. The molecule has 1 aromatic carbocycles. The maximum Gasteiger partial charge on any atom is 0.119 e. The molecule has 1 fully saturated rings. The molecule has 3 nitrogen and oxygen atoms in total. The number of rotatable bonds is 9. The van der Waals surface area contributed by atoms with Gasteiger partial charge >= 0.3 is 0 Å². The van der Waals surface area contributed by atoms with E-state index in [1.165, 1.54) is 19.3 Å². The van der Waals surface area contributed by atoms with E-state index in [0.717, 1.165) is 45.1 Å². The third kappa shape index (κ3) is 4.80. The molecule has 1 aromatic rings. The summed E-state index contributed by atoms with van der Waals surface area (Å²) in [7, 11) is 0. The van der Waals surface area contributed by atoms with Gasteiger partial charge in [0.1, 0.15) is 5.75 Å². The molecule has 0 aliphatic carbocycles. The SMILES string of the molecule is CCCNCC1(CCCOc2ccccc2)CCOC1. The number of benzene rings is 1. The molecule has 0 radical (unpaired) electrons. The third-order valence-corrected chi connectivity index (χ3v) is 3.98. The maximum absolute atomic E-state index is 5.78. The minimum Gasteiger partial charge on any atom is -0.494 e. The summed E-state index contributed by atoms with van der Waals surface area (Å²) in [5, 5.41) is 3.56. The van der Waals surface area contributed by atoms with Crippen LogP contribution in [-0.2, 0) is 4.74 Å². The molecule has 1 aliphatic rings. The summed E-state index contributed by atoms with van der Waals surface area (Å²) in [5.74, 6) is 0.966. The van der Waals surface area contributed by atoms with Gasteiger partial charge in [0.25, 0.3) is 0 Å². The Hall–Kier alpha value is -1.06. The number of ether oxygens (including phenoxy) is 2. The maximum atomic E-state index is 5.78. The lowest BCUT2D eigenvalue weighted by Crippen LogP contribution is -2.35. The first-order chi connectivity index (χ1) is 9.85. The van der Waals surface area contributed by atoms with Crippen molar-refractivity contribution in [2.45, 2.75) is 32.6 Å². The second kappa shape index (κ2) is 8.28. The highest BCUT2D eigenvalue weighted by Gasteiger charge is 2.33. The van der Waals surface area contributed by atoms with Gasteiger partial charge in [-0.05, 0) is 44.4 Å². The zero-order chi connectivity index (χ0) is 14.1. The molecule has 112 valence electrons. The standard InChI is InChI=1S/C17H27NO2/c1-2-11-18-14-17(10-13-19-15-17)9-6-12-20-16-7-4-3-5-8-16/h3-5,7-8,18H,2,6,9-15H2,1H3. The number of nitrogens with one attached hydrogen (secondary N) is 1. The van der Waals surface area contributed by atoms with Crippen molar-refractivity contribution in [3.8, 4) is 5.75 Å². The van der Waals surface area contributed by atoms with E-state index in [2.05, 4.69) is 12.2 Å². The fourth-order valence-corrected chi connectivity index (χ4v) is 2.76. The fourth-order valence-electron chi connectivity index (χ4n) is 2.76. The van der Waals surface area contributed by atoms with Crippen LogP contribution in [0.2, 0.25) is 0 Å². The van der Waals surface area contributed by atoms with Crippen LogP contribution in [0.15, 0.2) is 30.3 Å². The Labute approximate surface area is 122 Å². The molecule has 3 heteroatoms. The first-order valence-corrected chi connectivity index (χ1v) is 7.81. The second-order valence-electron chi connectivity index (χ2n) is 5.74. The van der Waals surface area contributed by atoms with Gasteiger partial charge in [-0.15, -0.1) is 0 Å². The summed E-state index contributed by atoms with van der Waals surface area (Å²) in [5.41, 5.74) is 0.329. The van der Waals surface area contributed by atoms with Gasteiger partial charge in [0.15, 0.2) is 0 Å². The number of para-hydroxylation sites is 1. The Balaban J connectivity index is 1.69. The Morgan fingerprint density at radius 3 is 2.85 bits per heavy atom. The molecule has 1 saturated heterocycles. The molecular formula is C17H27NO2. The molecule has 0 amide bonds. The van der Waals surface area contributed by atoms with Crippen molar-refractivity contribution in [3.05, 3.63) is 30.3 Å². The van der Waals surface area contributed by atoms with Gasteiger partial charge in [0.05, 0.1) is 13.2 Å². The van der Waals surface area contributed by atoms with Crippen molar-refractivity contribution in [3.63, 3.8) is 0 Å². The summed E-state index contributed by atoms with van der Waals surface area (Å²) >= 11 is 0. The normalized spacial score (nSPS) is 22.1. The van der Waals surface area contributed by atoms with Crippen molar-refractivity contribution >= 4 is 0 Å². The van der Waals surface area contributed by atoms with E-state index in [1.54, 1.807) is 0 Å². The molecule has 0 bridgehead atoms. The van der Waals surface area contributed by atoms with Gasteiger partial charge in [-0.25, -0.2) is 0 Å². The molecule has 1 unspecified atom stereocenters. The highest BCUT2D eigenvalue weighted by atomic mass is 16.5. The van der Waals surface area contributed by atoms with E-state index < -0.39 is 0 Å². The predicted molar refractivity (Wildman–Crippen MR) is 82.2 cm³/mol. The van der Waals surface area contributed by atoms with Gasteiger partial charge < -0.3 is 14.8 Å². The lowest BCUT2D eigenvalue weighted by Gasteiger charge is -2.27. The van der Waals surface area contributed by atoms with Crippen LogP contribution in [0.25, 0.3) is 0 Å². The summed E-state index contributed by atoms with van der Waals surface area (Å²) in [6.07, 6.45) is 4.63. The van der Waals surface area contributed by atoms with E-state index >= 15 is 0 Å². The van der Waals surface area contributed by atoms with E-state index in [1.807, 2.05) is 30.3 Å². The first kappa shape index (κ1) is 15.3. The summed E-state index contributed by atoms with van der Waals surface area (Å²) in [6, 6.07) is 10.1. The Morgan fingerprint density at radius 1 is 1.30 bits per heavy atom. The van der Waals surface area contributed by atoms with Crippen LogP contribution in [0.4, 0.5) is 0 Å². The molecule has 20 heavy (non-hydrogen) atoms. The zero-order valence-corrected chi connectivity index (χ0v) is 12.6. The van der Waals surface area contributed by atoms with Gasteiger partial charge in [-0.1, -0.05) is 25.1 Å². The van der Waals surface area contributed by atoms with Crippen molar-refractivity contribution in [2.75, 3.05) is 32.9 Å². The summed E-state index contributed by atoms with van der Waals surface area (Å²) in [6.45, 7) is 6.98. The van der Waals surface area contributed by atoms with Gasteiger partial charge in [0.2, 0.25) is 0 Å². The van der Waals surface area contributed by atoms with Crippen LogP contribution in [0.1, 0.15) is 32.6 Å². The fraction of sp³-hybridized carbons (Fsp3) is 0.647. The van der Waals surface area contributed by atoms with Crippen LogP contribution in [0, 0.1) is 5.41 Å². The number of hydrogen-bond acceptors (Lipinski definition) is 3. The average molecular weight is 277 g/mol. The Bertz CT molecular complexity index is 361. The van der Waals surface area contributed by atoms with E-state index in [4.69, 9.17) is 9.47 Å². The third-order valence-electron chi connectivity index (χ3n) is 3.98. The molecular weight excluding hydrogens is 250 g/mol. The second-order valence-corrected chi connectivity index (χ2v) is 5.74. The van der Waals surface area contributed by atoms with Crippen LogP contribution >= 0.6 is 0 Å². The van der Waals surface area contributed by atoms with E-state index in [9.17, 15) is 0 Å². The number of hydrogen-bond donors (Lipinski definition) is 1. The van der Waals surface area contributed by atoms with Crippen molar-refractivity contribution < 1.29 is 9.47 Å². The molecule has 2 rings (SSSR count). The van der Waals surface area contributed by atoms with Gasteiger partial charge in [-0.2, -0.15) is 0 Å². The Kier molecular flexibility index (Phi) is 6.34. The predicted octanol–water partition coefficient (Wildman–Crippen LogP) is 3.25. The van der Waals surface area contributed by atoms with Crippen LogP contribution in [0.3, 0.4) is 0 Å². The molecule has 1 atom stereocenters. The minimum atomic E-state index is 0.329.